The van der Waals surface area contributed by atoms with Gasteiger partial charge in [0.2, 0.25) is 0 Å². The van der Waals surface area contributed by atoms with Gasteiger partial charge < -0.3 is 9.30 Å². The number of aromatic nitrogens is 1. The van der Waals surface area contributed by atoms with E-state index < -0.39 is 0 Å². The molecule has 0 aliphatic rings. The molecule has 0 atom stereocenters. The van der Waals surface area contributed by atoms with Crippen molar-refractivity contribution in [2.75, 3.05) is 7.11 Å². The normalized spacial score (nSPS) is 10.7. The molecule has 0 unspecified atom stereocenters. The first-order chi connectivity index (χ1) is 9.70. The van der Waals surface area contributed by atoms with Gasteiger partial charge in [-0.3, -0.25) is 0 Å². The number of methoxy groups -OCH3 is 1. The Morgan fingerprint density at radius 2 is 1.90 bits per heavy atom. The van der Waals surface area contributed by atoms with Gasteiger partial charge in [-0.2, -0.15) is 0 Å². The highest BCUT2D eigenvalue weighted by atomic mass is 16.5. The number of carbonyl (C=O) groups is 1. The number of rotatable bonds is 2. The molecule has 20 heavy (non-hydrogen) atoms. The summed E-state index contributed by atoms with van der Waals surface area (Å²) in [4.78, 5) is 11.6. The minimum absolute atomic E-state index is 0.300. The Morgan fingerprint density at radius 3 is 2.65 bits per heavy atom. The molecular weight excluding hydrogens is 250 g/mol. The van der Waals surface area contributed by atoms with Gasteiger partial charge >= 0.3 is 5.97 Å². The summed E-state index contributed by atoms with van der Waals surface area (Å²) in [7, 11) is 1.40. The van der Waals surface area contributed by atoms with Gasteiger partial charge in [-0.25, -0.2) is 4.79 Å². The molecule has 0 aliphatic heterocycles. The Morgan fingerprint density at radius 1 is 1.10 bits per heavy atom. The zero-order chi connectivity index (χ0) is 14.1. The van der Waals surface area contributed by atoms with Crippen LogP contribution in [-0.4, -0.2) is 17.6 Å². The minimum atomic E-state index is -0.300. The second-order valence-corrected chi connectivity index (χ2v) is 4.74. The molecule has 0 amide bonds. The Hall–Kier alpha value is -2.55. The van der Waals surface area contributed by atoms with E-state index in [1.54, 1.807) is 0 Å². The average molecular weight is 265 g/mol. The third kappa shape index (κ3) is 1.97. The fourth-order valence-corrected chi connectivity index (χ4v) is 2.44. The largest absolute Gasteiger partial charge is 0.465 e. The second kappa shape index (κ2) is 4.85. The lowest BCUT2D eigenvalue weighted by atomic mass is 10.1. The molecule has 3 rings (SSSR count). The molecule has 0 saturated carbocycles. The Balaban J connectivity index is 2.11. The van der Waals surface area contributed by atoms with E-state index >= 15 is 0 Å². The third-order valence-electron chi connectivity index (χ3n) is 3.49. The zero-order valence-corrected chi connectivity index (χ0v) is 11.5. The molecule has 3 aromatic rings. The van der Waals surface area contributed by atoms with Crippen LogP contribution in [0.15, 0.2) is 54.7 Å². The van der Waals surface area contributed by atoms with E-state index in [2.05, 4.69) is 22.8 Å². The van der Waals surface area contributed by atoms with Crippen molar-refractivity contribution in [3.05, 3.63) is 65.9 Å². The molecule has 0 saturated heterocycles. The van der Waals surface area contributed by atoms with E-state index in [-0.39, 0.29) is 5.97 Å². The number of hydrogen-bond acceptors (Lipinski definition) is 2. The smallest absolute Gasteiger partial charge is 0.338 e. The lowest BCUT2D eigenvalue weighted by molar-refractivity contribution is 0.0600. The quantitative estimate of drug-likeness (QED) is 0.661. The topological polar surface area (TPSA) is 31.2 Å². The molecule has 0 N–H and O–H groups in total. The third-order valence-corrected chi connectivity index (χ3v) is 3.49. The molecule has 100 valence electrons. The van der Waals surface area contributed by atoms with Crippen LogP contribution in [0.1, 0.15) is 15.9 Å². The monoisotopic (exact) mass is 265 g/mol. The summed E-state index contributed by atoms with van der Waals surface area (Å²) in [5.41, 5.74) is 3.70. The molecule has 2 aromatic carbocycles. The van der Waals surface area contributed by atoms with E-state index in [9.17, 15) is 4.79 Å². The van der Waals surface area contributed by atoms with Gasteiger partial charge in [0.1, 0.15) is 0 Å². The molecule has 0 fully saturated rings. The summed E-state index contributed by atoms with van der Waals surface area (Å²) in [6, 6.07) is 16.0. The van der Waals surface area contributed by atoms with Crippen molar-refractivity contribution in [1.82, 2.24) is 4.57 Å². The van der Waals surface area contributed by atoms with Crippen LogP contribution in [0.4, 0.5) is 0 Å². The van der Waals surface area contributed by atoms with Gasteiger partial charge in [0, 0.05) is 11.9 Å². The highest BCUT2D eigenvalue weighted by Gasteiger charge is 2.10. The summed E-state index contributed by atoms with van der Waals surface area (Å²) in [5.74, 6) is -0.300. The van der Waals surface area contributed by atoms with Crippen LogP contribution < -0.4 is 0 Å². The van der Waals surface area contributed by atoms with Crippen molar-refractivity contribution >= 4 is 16.9 Å². The average Bonchev–Trinajstić information content (AvgIpc) is 2.90. The van der Waals surface area contributed by atoms with Gasteiger partial charge in [0.05, 0.1) is 18.2 Å². The van der Waals surface area contributed by atoms with Crippen LogP contribution in [-0.2, 0) is 4.74 Å². The molecule has 0 bridgehead atoms. The number of para-hydroxylation sites is 1. The molecule has 1 aromatic heterocycles. The van der Waals surface area contributed by atoms with Crippen LogP contribution in [0.25, 0.3) is 16.6 Å². The fourth-order valence-electron chi connectivity index (χ4n) is 2.44. The fraction of sp³-hybridized carbons (Fsp3) is 0.118. The standard InChI is InChI=1S/C17H15NO2/c1-12-11-14(7-8-15(12)17(19)20-2)18-10-9-13-5-3-4-6-16(13)18/h3-11H,1-2H3. The molecule has 3 heteroatoms. The first-order valence-corrected chi connectivity index (χ1v) is 6.46. The van der Waals surface area contributed by atoms with Crippen molar-refractivity contribution < 1.29 is 9.53 Å². The SMILES string of the molecule is COC(=O)c1ccc(-n2ccc3ccccc32)cc1C. The maximum Gasteiger partial charge on any atom is 0.338 e. The predicted molar refractivity (Wildman–Crippen MR) is 79.4 cm³/mol. The number of hydrogen-bond donors (Lipinski definition) is 0. The number of fused-ring (bicyclic) bond motifs is 1. The molecule has 0 aliphatic carbocycles. The van der Waals surface area contributed by atoms with Crippen molar-refractivity contribution in [2.24, 2.45) is 0 Å². The first-order valence-electron chi connectivity index (χ1n) is 6.46. The van der Waals surface area contributed by atoms with E-state index in [0.29, 0.717) is 5.56 Å². The van der Waals surface area contributed by atoms with Crippen LogP contribution in [0.3, 0.4) is 0 Å². The van der Waals surface area contributed by atoms with Gasteiger partial charge in [-0.1, -0.05) is 18.2 Å². The highest BCUT2D eigenvalue weighted by Crippen LogP contribution is 2.22. The minimum Gasteiger partial charge on any atom is -0.465 e. The Bertz CT molecular complexity index is 787. The van der Waals surface area contributed by atoms with E-state index in [1.807, 2.05) is 43.5 Å². The van der Waals surface area contributed by atoms with E-state index in [4.69, 9.17) is 4.74 Å². The number of aryl methyl sites for hydroxylation is 1. The summed E-state index contributed by atoms with van der Waals surface area (Å²) in [5, 5.41) is 1.20. The summed E-state index contributed by atoms with van der Waals surface area (Å²) in [6.45, 7) is 1.92. The maximum atomic E-state index is 11.6. The highest BCUT2D eigenvalue weighted by molar-refractivity contribution is 5.91. The van der Waals surface area contributed by atoms with Crippen molar-refractivity contribution in [3.8, 4) is 5.69 Å². The van der Waals surface area contributed by atoms with Crippen molar-refractivity contribution in [3.63, 3.8) is 0 Å². The van der Waals surface area contributed by atoms with Crippen LogP contribution in [0, 0.1) is 6.92 Å². The molecule has 0 radical (unpaired) electrons. The van der Waals surface area contributed by atoms with Crippen LogP contribution >= 0.6 is 0 Å². The van der Waals surface area contributed by atoms with Crippen LogP contribution in [0.5, 0.6) is 0 Å². The molecule has 3 nitrogen and oxygen atoms in total. The van der Waals surface area contributed by atoms with Crippen molar-refractivity contribution in [1.29, 1.82) is 0 Å². The lowest BCUT2D eigenvalue weighted by Crippen LogP contribution is -2.04. The summed E-state index contributed by atoms with van der Waals surface area (Å²) < 4.78 is 6.89. The maximum absolute atomic E-state index is 11.6. The van der Waals surface area contributed by atoms with Gasteiger partial charge in [-0.05, 0) is 48.2 Å². The molecule has 1 heterocycles. The molecular formula is C17H15NO2. The lowest BCUT2D eigenvalue weighted by Gasteiger charge is -2.09. The number of esters is 1. The van der Waals surface area contributed by atoms with E-state index in [0.717, 1.165) is 16.8 Å². The Kier molecular flexibility index (Phi) is 3.03. The predicted octanol–water partition coefficient (Wildman–Crippen LogP) is 3.73. The number of benzene rings is 2. The van der Waals surface area contributed by atoms with Gasteiger partial charge in [-0.15, -0.1) is 0 Å². The van der Waals surface area contributed by atoms with Gasteiger partial charge in [0.25, 0.3) is 0 Å². The van der Waals surface area contributed by atoms with Crippen LogP contribution in [0.2, 0.25) is 0 Å². The first kappa shape index (κ1) is 12.5. The number of carbonyl (C=O) groups excluding carboxylic acids is 1. The second-order valence-electron chi connectivity index (χ2n) is 4.74. The number of nitrogens with zero attached hydrogens (tertiary/aromatic N) is 1. The number of ether oxygens (including phenoxy) is 1. The Labute approximate surface area is 117 Å². The van der Waals surface area contributed by atoms with Crippen molar-refractivity contribution in [2.45, 2.75) is 6.92 Å². The summed E-state index contributed by atoms with van der Waals surface area (Å²) >= 11 is 0. The zero-order valence-electron chi connectivity index (χ0n) is 11.5. The summed E-state index contributed by atoms with van der Waals surface area (Å²) in [6.07, 6.45) is 2.04. The molecule has 0 spiro atoms. The van der Waals surface area contributed by atoms with Gasteiger partial charge in [0.15, 0.2) is 0 Å². The van der Waals surface area contributed by atoms with E-state index in [1.165, 1.54) is 12.5 Å².